The quantitative estimate of drug-likeness (QED) is 0.178. The van der Waals surface area contributed by atoms with Gasteiger partial charge in [0.25, 0.3) is 0 Å². The SMILES string of the molecule is C/C=C(\C)C(=O)OC[C@]1(O)[C@H]2CC3=C(CO)C(=O)O[C@@]34[C@@H]3C5=C(C[C@H]4[C@@]2(C)[C@@H]2C[C@@H]21)[C@H]1C[C@H]1[C@]5(C)[C@@H](O)C(=O)/C3=C(/C)C(=O)OC. The number of aliphatic hydroxyl groups excluding tert-OH is 2. The number of Topliss-reactive ketones (excluding diaryl/α,β-unsaturated/α-hetero) is 1. The van der Waals surface area contributed by atoms with E-state index in [0.29, 0.717) is 17.6 Å². The van der Waals surface area contributed by atoms with Gasteiger partial charge in [0, 0.05) is 34.0 Å². The van der Waals surface area contributed by atoms with Crippen molar-refractivity contribution >= 4 is 23.7 Å². The molecular weight excluding hydrogens is 592 g/mol. The molecule has 7 aliphatic carbocycles. The van der Waals surface area contributed by atoms with E-state index >= 15 is 0 Å². The van der Waals surface area contributed by atoms with Gasteiger partial charge in [-0.25, -0.2) is 14.4 Å². The van der Waals surface area contributed by atoms with Crippen molar-refractivity contribution in [3.63, 3.8) is 0 Å². The molecule has 0 aromatic heterocycles. The Kier molecular flexibility index (Phi) is 5.97. The summed E-state index contributed by atoms with van der Waals surface area (Å²) in [7, 11) is 1.24. The highest BCUT2D eigenvalue weighted by Crippen LogP contribution is 2.83. The number of ether oxygens (including phenoxy) is 3. The predicted octanol–water partition coefficient (Wildman–Crippen LogP) is 2.51. The second-order valence-electron chi connectivity index (χ2n) is 15.6. The molecule has 10 heteroatoms. The van der Waals surface area contributed by atoms with Gasteiger partial charge in [-0.2, -0.15) is 0 Å². The van der Waals surface area contributed by atoms with Crippen molar-refractivity contribution in [2.45, 2.75) is 77.6 Å². The molecule has 8 rings (SSSR count). The largest absolute Gasteiger partial charge is 0.466 e. The maximum atomic E-state index is 14.4. The highest BCUT2D eigenvalue weighted by molar-refractivity contribution is 6.09. The first-order valence-electron chi connectivity index (χ1n) is 16.5. The van der Waals surface area contributed by atoms with Crippen LogP contribution in [-0.2, 0) is 33.4 Å². The normalized spacial score (nSPS) is 48.5. The first kappa shape index (κ1) is 30.3. The summed E-state index contributed by atoms with van der Waals surface area (Å²) in [6, 6.07) is 0. The minimum Gasteiger partial charge on any atom is -0.466 e. The molecule has 1 heterocycles. The fourth-order valence-electron chi connectivity index (χ4n) is 12.0. The summed E-state index contributed by atoms with van der Waals surface area (Å²) in [6.07, 6.45) is 2.62. The van der Waals surface area contributed by atoms with Crippen LogP contribution in [0.5, 0.6) is 0 Å². The van der Waals surface area contributed by atoms with Crippen LogP contribution < -0.4 is 0 Å². The standard InChI is InChI=1S/C36H42O10/c1-7-14(2)30(40)45-13-35(43)22-10-21(22)33(4)23(35)11-20-18(12-37)32(42)46-36(20)24(33)9-17-16-8-19(16)34(5)26(17)27(36)25(28(38)29(34)39)15(3)31(41)44-6/h7,16,19,21-24,27,29,37,39,43H,8-13H2,1-6H3/b14-7+,25-15-/t16-,19-,21-,22+,23+,24+,27+,29+,33+,34+,35-,36+/m1/s1. The molecule has 5 fully saturated rings. The fraction of sp³-hybridized carbons (Fsp3) is 0.667. The molecule has 8 aliphatic rings. The zero-order chi connectivity index (χ0) is 33.0. The third-order valence-electron chi connectivity index (χ3n) is 14.3. The molecule has 0 amide bonds. The molecule has 1 aliphatic heterocycles. The van der Waals surface area contributed by atoms with Gasteiger partial charge < -0.3 is 29.5 Å². The summed E-state index contributed by atoms with van der Waals surface area (Å²) in [5.41, 5.74) is -0.913. The lowest BCUT2D eigenvalue weighted by Crippen LogP contribution is -2.67. The van der Waals surface area contributed by atoms with Crippen molar-refractivity contribution in [3.05, 3.63) is 45.1 Å². The van der Waals surface area contributed by atoms with Crippen LogP contribution in [0.4, 0.5) is 0 Å². The van der Waals surface area contributed by atoms with E-state index in [-0.39, 0.29) is 53.4 Å². The molecule has 5 saturated carbocycles. The van der Waals surface area contributed by atoms with Crippen LogP contribution >= 0.6 is 0 Å². The van der Waals surface area contributed by atoms with Gasteiger partial charge in [0.05, 0.1) is 25.2 Å². The third kappa shape index (κ3) is 3.15. The highest BCUT2D eigenvalue weighted by Gasteiger charge is 2.84. The van der Waals surface area contributed by atoms with Gasteiger partial charge in [-0.1, -0.05) is 25.5 Å². The molecule has 3 N–H and O–H groups in total. The fourth-order valence-corrected chi connectivity index (χ4v) is 12.0. The molecule has 0 bridgehead atoms. The lowest BCUT2D eigenvalue weighted by Gasteiger charge is -2.63. The van der Waals surface area contributed by atoms with Crippen LogP contribution in [0.25, 0.3) is 0 Å². The molecule has 246 valence electrons. The molecular formula is C36H42O10. The number of hydrogen-bond donors (Lipinski definition) is 3. The number of allylic oxidation sites excluding steroid dienone is 2. The Labute approximate surface area is 267 Å². The monoisotopic (exact) mass is 634 g/mol. The number of rotatable bonds is 5. The van der Waals surface area contributed by atoms with Crippen LogP contribution in [0.3, 0.4) is 0 Å². The van der Waals surface area contributed by atoms with Crippen LogP contribution in [-0.4, -0.2) is 76.6 Å². The number of fused-ring (bicyclic) bond motifs is 7. The van der Waals surface area contributed by atoms with E-state index in [1.807, 2.05) is 6.92 Å². The number of carbonyl (C=O) groups excluding carboxylic acids is 4. The molecule has 0 aromatic carbocycles. The topological polar surface area (TPSA) is 157 Å². The van der Waals surface area contributed by atoms with E-state index in [4.69, 9.17) is 14.2 Å². The van der Waals surface area contributed by atoms with Crippen molar-refractivity contribution in [3.8, 4) is 0 Å². The average molecular weight is 635 g/mol. The van der Waals surface area contributed by atoms with Crippen LogP contribution in [0.2, 0.25) is 0 Å². The predicted molar refractivity (Wildman–Crippen MR) is 160 cm³/mol. The molecule has 1 spiro atoms. The van der Waals surface area contributed by atoms with E-state index < -0.39 is 76.2 Å². The minimum absolute atomic E-state index is 0.0493. The summed E-state index contributed by atoms with van der Waals surface area (Å²) in [5.74, 6) is -3.92. The molecule has 0 unspecified atom stereocenters. The van der Waals surface area contributed by atoms with Crippen molar-refractivity contribution in [1.82, 2.24) is 0 Å². The number of aliphatic hydroxyl groups is 3. The van der Waals surface area contributed by atoms with E-state index in [0.717, 1.165) is 24.0 Å². The Morgan fingerprint density at radius 3 is 2.41 bits per heavy atom. The van der Waals surface area contributed by atoms with Crippen molar-refractivity contribution in [1.29, 1.82) is 0 Å². The molecule has 0 radical (unpaired) electrons. The van der Waals surface area contributed by atoms with Crippen molar-refractivity contribution in [2.75, 3.05) is 20.3 Å². The molecule has 12 atom stereocenters. The summed E-state index contributed by atoms with van der Waals surface area (Å²) in [6.45, 7) is 8.25. The smallest absolute Gasteiger partial charge is 0.337 e. The summed E-state index contributed by atoms with van der Waals surface area (Å²) in [5, 5.41) is 34.8. The zero-order valence-electron chi connectivity index (χ0n) is 27.1. The van der Waals surface area contributed by atoms with E-state index in [1.54, 1.807) is 19.9 Å². The number of esters is 3. The van der Waals surface area contributed by atoms with Gasteiger partial charge in [-0.15, -0.1) is 0 Å². The minimum atomic E-state index is -1.39. The first-order valence-corrected chi connectivity index (χ1v) is 16.5. The average Bonchev–Trinajstić information content (AvgIpc) is 3.95. The van der Waals surface area contributed by atoms with Crippen LogP contribution in [0, 0.1) is 52.3 Å². The van der Waals surface area contributed by atoms with Gasteiger partial charge >= 0.3 is 17.9 Å². The maximum Gasteiger partial charge on any atom is 0.337 e. The van der Waals surface area contributed by atoms with Gasteiger partial charge in [-0.05, 0) is 86.7 Å². The first-order chi connectivity index (χ1) is 21.7. The number of ketones is 1. The third-order valence-corrected chi connectivity index (χ3v) is 14.3. The van der Waals surface area contributed by atoms with Crippen LogP contribution in [0.1, 0.15) is 60.3 Å². The zero-order valence-corrected chi connectivity index (χ0v) is 27.1. The molecule has 0 saturated heterocycles. The number of methoxy groups -OCH3 is 1. The Morgan fingerprint density at radius 2 is 1.76 bits per heavy atom. The number of carbonyl (C=O) groups is 4. The lowest BCUT2D eigenvalue weighted by molar-refractivity contribution is -0.191. The Bertz CT molecular complexity index is 1680. The molecule has 10 nitrogen and oxygen atoms in total. The lowest BCUT2D eigenvalue weighted by atomic mass is 9.42. The van der Waals surface area contributed by atoms with Crippen molar-refractivity contribution in [2.24, 2.45) is 52.3 Å². The Hall–Kier alpha value is -3.08. The Balaban J connectivity index is 1.36. The highest BCUT2D eigenvalue weighted by atomic mass is 16.6. The molecule has 0 aromatic rings. The second-order valence-corrected chi connectivity index (χ2v) is 15.6. The summed E-state index contributed by atoms with van der Waals surface area (Å²) >= 11 is 0. The van der Waals surface area contributed by atoms with Gasteiger partial charge in [-0.3, -0.25) is 4.79 Å². The van der Waals surface area contributed by atoms with Gasteiger partial charge in [0.2, 0.25) is 0 Å². The van der Waals surface area contributed by atoms with E-state index in [9.17, 15) is 34.5 Å². The summed E-state index contributed by atoms with van der Waals surface area (Å²) < 4.78 is 17.4. The van der Waals surface area contributed by atoms with Gasteiger partial charge in [0.1, 0.15) is 23.9 Å². The van der Waals surface area contributed by atoms with Crippen molar-refractivity contribution < 1.29 is 48.7 Å². The Morgan fingerprint density at radius 1 is 1.04 bits per heavy atom. The summed E-state index contributed by atoms with van der Waals surface area (Å²) in [4.78, 5) is 54.0. The van der Waals surface area contributed by atoms with Crippen LogP contribution in [0.15, 0.2) is 45.1 Å². The van der Waals surface area contributed by atoms with Gasteiger partial charge in [0.15, 0.2) is 5.78 Å². The van der Waals surface area contributed by atoms with E-state index in [2.05, 4.69) is 6.92 Å². The maximum absolute atomic E-state index is 14.4. The molecule has 46 heavy (non-hydrogen) atoms. The van der Waals surface area contributed by atoms with E-state index in [1.165, 1.54) is 14.0 Å². The number of hydrogen-bond acceptors (Lipinski definition) is 10. The second kappa shape index (κ2) is 9.08.